The highest BCUT2D eigenvalue weighted by Crippen LogP contribution is 2.15. The summed E-state index contributed by atoms with van der Waals surface area (Å²) in [5, 5.41) is 0. The Morgan fingerprint density at radius 1 is 1.00 bits per heavy atom. The van der Waals surface area contributed by atoms with Gasteiger partial charge < -0.3 is 4.90 Å². The molecule has 0 saturated carbocycles. The van der Waals surface area contributed by atoms with Gasteiger partial charge in [0, 0.05) is 38.1 Å². The maximum Gasteiger partial charge on any atom is 0.0450 e. The second kappa shape index (κ2) is 9.60. The van der Waals surface area contributed by atoms with Gasteiger partial charge in [-0.1, -0.05) is 57.2 Å². The van der Waals surface area contributed by atoms with Crippen LogP contribution >= 0.6 is 0 Å². The minimum absolute atomic E-state index is 0.952. The first-order chi connectivity index (χ1) is 9.25. The van der Waals surface area contributed by atoms with Gasteiger partial charge in [-0.3, -0.25) is 4.99 Å². The quantitative estimate of drug-likeness (QED) is 0.470. The third-order valence-corrected chi connectivity index (χ3v) is 3.29. The number of hydrogen-bond acceptors (Lipinski definition) is 2. The van der Waals surface area contributed by atoms with E-state index in [0.29, 0.717) is 0 Å². The van der Waals surface area contributed by atoms with Crippen molar-refractivity contribution in [2.75, 3.05) is 25.5 Å². The van der Waals surface area contributed by atoms with Gasteiger partial charge in [0.2, 0.25) is 0 Å². The van der Waals surface area contributed by atoms with E-state index in [-0.39, 0.29) is 0 Å². The molecule has 0 fully saturated rings. The highest BCUT2D eigenvalue weighted by Gasteiger charge is 1.99. The maximum atomic E-state index is 4.55. The summed E-state index contributed by atoms with van der Waals surface area (Å²) in [5.41, 5.74) is 2.44. The Morgan fingerprint density at radius 2 is 1.68 bits per heavy atom. The molecular weight excluding hydrogens is 232 g/mol. The molecule has 0 heterocycles. The van der Waals surface area contributed by atoms with Crippen LogP contribution in [0.5, 0.6) is 0 Å². The molecule has 0 aliphatic rings. The molecule has 0 aromatic heterocycles. The van der Waals surface area contributed by atoms with Crippen LogP contribution in [-0.4, -0.2) is 26.9 Å². The first-order valence-corrected chi connectivity index (χ1v) is 7.52. The van der Waals surface area contributed by atoms with E-state index in [1.54, 1.807) is 0 Å². The predicted molar refractivity (Wildman–Crippen MR) is 86.6 cm³/mol. The molecule has 0 saturated heterocycles. The number of anilines is 1. The first-order valence-electron chi connectivity index (χ1n) is 7.52. The van der Waals surface area contributed by atoms with Crippen LogP contribution in [-0.2, 0) is 0 Å². The van der Waals surface area contributed by atoms with Crippen LogP contribution in [0.15, 0.2) is 29.3 Å². The van der Waals surface area contributed by atoms with Crippen molar-refractivity contribution in [2.45, 2.75) is 45.4 Å². The Balaban J connectivity index is 2.29. The second-order valence-electron chi connectivity index (χ2n) is 5.26. The number of hydrogen-bond donors (Lipinski definition) is 0. The topological polar surface area (TPSA) is 15.6 Å². The van der Waals surface area contributed by atoms with Crippen LogP contribution in [0.25, 0.3) is 0 Å². The molecule has 2 heteroatoms. The zero-order valence-electron chi connectivity index (χ0n) is 12.7. The molecule has 0 amide bonds. The lowest BCUT2D eigenvalue weighted by molar-refractivity contribution is 0.612. The van der Waals surface area contributed by atoms with Crippen LogP contribution in [0.4, 0.5) is 5.69 Å². The van der Waals surface area contributed by atoms with Crippen molar-refractivity contribution in [1.29, 1.82) is 0 Å². The van der Waals surface area contributed by atoms with Crippen molar-refractivity contribution in [3.05, 3.63) is 29.8 Å². The van der Waals surface area contributed by atoms with E-state index in [1.165, 1.54) is 49.8 Å². The minimum Gasteiger partial charge on any atom is -0.377 e. The monoisotopic (exact) mass is 260 g/mol. The van der Waals surface area contributed by atoms with Gasteiger partial charge in [-0.05, 0) is 12.5 Å². The van der Waals surface area contributed by atoms with E-state index in [1.807, 2.05) is 6.21 Å². The van der Waals surface area contributed by atoms with E-state index < -0.39 is 0 Å². The number of para-hydroxylation sites is 1. The van der Waals surface area contributed by atoms with Gasteiger partial charge in [-0.25, -0.2) is 0 Å². The smallest absolute Gasteiger partial charge is 0.0450 e. The van der Waals surface area contributed by atoms with Gasteiger partial charge in [0.05, 0.1) is 0 Å². The van der Waals surface area contributed by atoms with Crippen molar-refractivity contribution in [3.63, 3.8) is 0 Å². The molecular formula is C17H28N2. The molecule has 19 heavy (non-hydrogen) atoms. The van der Waals surface area contributed by atoms with Gasteiger partial charge in [0.1, 0.15) is 0 Å². The molecule has 0 radical (unpaired) electrons. The van der Waals surface area contributed by atoms with Gasteiger partial charge in [-0.15, -0.1) is 0 Å². The Labute approximate surface area is 118 Å². The van der Waals surface area contributed by atoms with Crippen LogP contribution < -0.4 is 4.90 Å². The van der Waals surface area contributed by atoms with Gasteiger partial charge in [0.25, 0.3) is 0 Å². The molecule has 1 rings (SSSR count). The van der Waals surface area contributed by atoms with E-state index in [2.05, 4.69) is 55.2 Å². The largest absolute Gasteiger partial charge is 0.377 e. The fraction of sp³-hybridized carbons (Fsp3) is 0.588. The van der Waals surface area contributed by atoms with Crippen molar-refractivity contribution in [3.8, 4) is 0 Å². The zero-order chi connectivity index (χ0) is 13.9. The summed E-state index contributed by atoms with van der Waals surface area (Å²) in [6.45, 7) is 3.21. The van der Waals surface area contributed by atoms with Gasteiger partial charge in [0.15, 0.2) is 0 Å². The fourth-order valence-corrected chi connectivity index (χ4v) is 2.15. The number of nitrogens with zero attached hydrogens (tertiary/aromatic N) is 2. The Bertz CT molecular complexity index is 369. The van der Waals surface area contributed by atoms with Crippen LogP contribution in [0.1, 0.15) is 51.0 Å². The Kier molecular flexibility index (Phi) is 7.95. The van der Waals surface area contributed by atoms with Gasteiger partial charge >= 0.3 is 0 Å². The highest BCUT2D eigenvalue weighted by atomic mass is 15.1. The third-order valence-electron chi connectivity index (χ3n) is 3.29. The summed E-state index contributed by atoms with van der Waals surface area (Å²) in [6.07, 6.45) is 9.97. The van der Waals surface area contributed by atoms with E-state index >= 15 is 0 Å². The summed E-state index contributed by atoms with van der Waals surface area (Å²) in [4.78, 5) is 6.68. The average Bonchev–Trinajstić information content (AvgIpc) is 2.42. The molecule has 2 nitrogen and oxygen atoms in total. The summed E-state index contributed by atoms with van der Waals surface area (Å²) >= 11 is 0. The molecule has 1 aromatic carbocycles. The van der Waals surface area contributed by atoms with Crippen molar-refractivity contribution >= 4 is 11.9 Å². The molecule has 0 atom stereocenters. The lowest BCUT2D eigenvalue weighted by Crippen LogP contribution is -2.10. The molecule has 0 unspecified atom stereocenters. The normalized spacial score (nSPS) is 11.1. The van der Waals surface area contributed by atoms with Crippen molar-refractivity contribution < 1.29 is 0 Å². The number of rotatable bonds is 9. The Hall–Kier alpha value is -1.31. The molecule has 0 bridgehead atoms. The van der Waals surface area contributed by atoms with Crippen molar-refractivity contribution in [1.82, 2.24) is 0 Å². The zero-order valence-corrected chi connectivity index (χ0v) is 12.7. The summed E-state index contributed by atoms with van der Waals surface area (Å²) < 4.78 is 0. The highest BCUT2D eigenvalue weighted by molar-refractivity contribution is 5.87. The van der Waals surface area contributed by atoms with E-state index in [0.717, 1.165) is 6.54 Å². The fourth-order valence-electron chi connectivity index (χ4n) is 2.15. The molecule has 0 N–H and O–H groups in total. The number of aliphatic imine (C=N–C) groups is 1. The predicted octanol–water partition coefficient (Wildman–Crippen LogP) is 4.53. The van der Waals surface area contributed by atoms with Crippen LogP contribution in [0.3, 0.4) is 0 Å². The summed E-state index contributed by atoms with van der Waals surface area (Å²) in [5.74, 6) is 0. The molecule has 0 aliphatic heterocycles. The molecule has 106 valence electrons. The SMILES string of the molecule is CCCCCCCCN=Cc1ccccc1N(C)C. The number of benzene rings is 1. The van der Waals surface area contributed by atoms with E-state index in [4.69, 9.17) is 0 Å². The molecule has 1 aromatic rings. The van der Waals surface area contributed by atoms with Crippen LogP contribution in [0.2, 0.25) is 0 Å². The molecule has 0 aliphatic carbocycles. The van der Waals surface area contributed by atoms with Crippen LogP contribution in [0, 0.1) is 0 Å². The second-order valence-corrected chi connectivity index (χ2v) is 5.26. The number of unbranched alkanes of at least 4 members (excludes halogenated alkanes) is 5. The lowest BCUT2D eigenvalue weighted by Gasteiger charge is -2.14. The minimum atomic E-state index is 0.952. The van der Waals surface area contributed by atoms with Gasteiger partial charge in [-0.2, -0.15) is 0 Å². The van der Waals surface area contributed by atoms with Crippen molar-refractivity contribution in [2.24, 2.45) is 4.99 Å². The summed E-state index contributed by atoms with van der Waals surface area (Å²) in [7, 11) is 4.14. The lowest BCUT2D eigenvalue weighted by atomic mass is 10.1. The molecule has 0 spiro atoms. The van der Waals surface area contributed by atoms with E-state index in [9.17, 15) is 0 Å². The maximum absolute atomic E-state index is 4.55. The average molecular weight is 260 g/mol. The Morgan fingerprint density at radius 3 is 2.42 bits per heavy atom. The third kappa shape index (κ3) is 6.42. The standard InChI is InChI=1S/C17H28N2/c1-4-5-6-7-8-11-14-18-15-16-12-9-10-13-17(16)19(2)3/h9-10,12-13,15H,4-8,11,14H2,1-3H3. The summed E-state index contributed by atoms with van der Waals surface area (Å²) in [6, 6.07) is 8.39. The first kappa shape index (κ1) is 15.7.